The van der Waals surface area contributed by atoms with Gasteiger partial charge in [0.25, 0.3) is 0 Å². The Labute approximate surface area is 114 Å². The topological polar surface area (TPSA) is 32.3 Å². The second-order valence-corrected chi connectivity index (χ2v) is 6.12. The second kappa shape index (κ2) is 4.26. The predicted octanol–water partition coefficient (Wildman–Crippen LogP) is 3.17. The fourth-order valence-electron chi connectivity index (χ4n) is 4.26. The number of carbonyl (C=O) groups is 1. The van der Waals surface area contributed by atoms with Crippen molar-refractivity contribution < 1.29 is 4.79 Å². The maximum absolute atomic E-state index is 12.3. The molecule has 2 fully saturated rings. The zero-order chi connectivity index (χ0) is 12.8. The van der Waals surface area contributed by atoms with E-state index in [0.717, 1.165) is 18.0 Å². The molecule has 1 saturated carbocycles. The molecule has 3 aliphatic rings. The maximum atomic E-state index is 12.3. The van der Waals surface area contributed by atoms with Gasteiger partial charge in [0, 0.05) is 6.04 Å². The summed E-state index contributed by atoms with van der Waals surface area (Å²) in [5.41, 5.74) is 2.23. The summed E-state index contributed by atoms with van der Waals surface area (Å²) in [4.78, 5) is 14.8. The van der Waals surface area contributed by atoms with E-state index < -0.39 is 0 Å². The lowest BCUT2D eigenvalue weighted by atomic mass is 9.75. The van der Waals surface area contributed by atoms with Crippen molar-refractivity contribution in [3.63, 3.8) is 0 Å². The number of nitrogens with zero attached hydrogens (tertiary/aromatic N) is 1. The van der Waals surface area contributed by atoms with Crippen molar-refractivity contribution in [2.45, 2.75) is 50.6 Å². The number of rotatable bonds is 0. The van der Waals surface area contributed by atoms with Crippen LogP contribution in [0.4, 0.5) is 11.4 Å². The van der Waals surface area contributed by atoms with Gasteiger partial charge >= 0.3 is 0 Å². The van der Waals surface area contributed by atoms with E-state index in [0.29, 0.717) is 6.04 Å². The van der Waals surface area contributed by atoms with Crippen molar-refractivity contribution in [3.8, 4) is 0 Å². The first-order chi connectivity index (χ1) is 9.34. The lowest BCUT2D eigenvalue weighted by molar-refractivity contribution is -0.118. The van der Waals surface area contributed by atoms with E-state index >= 15 is 0 Å². The van der Waals surface area contributed by atoms with Crippen LogP contribution in [-0.4, -0.2) is 18.0 Å². The minimum Gasteiger partial charge on any atom is -0.355 e. The Morgan fingerprint density at radius 2 is 1.89 bits per heavy atom. The summed E-state index contributed by atoms with van der Waals surface area (Å²) in [5.74, 6) is 0.992. The Kier molecular flexibility index (Phi) is 2.54. The lowest BCUT2D eigenvalue weighted by Crippen LogP contribution is -2.58. The minimum atomic E-state index is 0.0641. The van der Waals surface area contributed by atoms with Crippen molar-refractivity contribution in [3.05, 3.63) is 24.3 Å². The molecule has 0 bridgehead atoms. The number of fused-ring (bicyclic) bond motifs is 5. The van der Waals surface area contributed by atoms with Gasteiger partial charge in [0.1, 0.15) is 6.04 Å². The summed E-state index contributed by atoms with van der Waals surface area (Å²) in [6.45, 7) is 0. The van der Waals surface area contributed by atoms with Crippen LogP contribution in [0.15, 0.2) is 24.3 Å². The van der Waals surface area contributed by atoms with Gasteiger partial charge < -0.3 is 10.2 Å². The number of piperidine rings is 1. The predicted molar refractivity (Wildman–Crippen MR) is 76.3 cm³/mol. The highest BCUT2D eigenvalue weighted by atomic mass is 16.2. The molecule has 1 aromatic carbocycles. The Bertz CT molecular complexity index is 513. The zero-order valence-electron chi connectivity index (χ0n) is 11.1. The molecule has 1 N–H and O–H groups in total. The molecule has 1 amide bonds. The van der Waals surface area contributed by atoms with Gasteiger partial charge in [-0.15, -0.1) is 0 Å². The van der Waals surface area contributed by atoms with E-state index in [1.165, 1.54) is 37.8 Å². The standard InChI is InChI=1S/C16H20N2O/c19-16-15-10-9-11-5-1-3-7-13(11)18(15)14-8-4-2-6-12(14)17-16/h2,4,6,8,11,13,15H,1,3,5,7,9-10H2,(H,17,19). The van der Waals surface area contributed by atoms with Crippen LogP contribution in [0.2, 0.25) is 0 Å². The molecule has 3 atom stereocenters. The molecular formula is C16H20N2O. The maximum Gasteiger partial charge on any atom is 0.247 e. The van der Waals surface area contributed by atoms with Crippen LogP contribution in [0, 0.1) is 5.92 Å². The fraction of sp³-hybridized carbons (Fsp3) is 0.562. The Balaban J connectivity index is 1.79. The number of carbonyl (C=O) groups excluding carboxylic acids is 1. The quantitative estimate of drug-likeness (QED) is 0.773. The Morgan fingerprint density at radius 1 is 1.05 bits per heavy atom. The number of para-hydroxylation sites is 2. The van der Waals surface area contributed by atoms with Gasteiger partial charge in [-0.3, -0.25) is 4.79 Å². The molecule has 3 heteroatoms. The fourth-order valence-corrected chi connectivity index (χ4v) is 4.26. The molecule has 19 heavy (non-hydrogen) atoms. The molecule has 1 aliphatic carbocycles. The molecule has 1 aromatic rings. The van der Waals surface area contributed by atoms with Gasteiger partial charge in [-0.2, -0.15) is 0 Å². The van der Waals surface area contributed by atoms with Crippen molar-refractivity contribution >= 4 is 17.3 Å². The van der Waals surface area contributed by atoms with Crippen LogP contribution in [-0.2, 0) is 4.79 Å². The zero-order valence-corrected chi connectivity index (χ0v) is 11.1. The van der Waals surface area contributed by atoms with Crippen molar-refractivity contribution in [1.29, 1.82) is 0 Å². The highest BCUT2D eigenvalue weighted by Crippen LogP contribution is 2.44. The van der Waals surface area contributed by atoms with Crippen LogP contribution in [0.1, 0.15) is 38.5 Å². The molecule has 0 spiro atoms. The first-order valence-corrected chi connectivity index (χ1v) is 7.53. The number of hydrogen-bond donors (Lipinski definition) is 1. The van der Waals surface area contributed by atoms with E-state index in [2.05, 4.69) is 22.3 Å². The Morgan fingerprint density at radius 3 is 2.84 bits per heavy atom. The molecule has 2 aliphatic heterocycles. The van der Waals surface area contributed by atoms with Crippen molar-refractivity contribution in [2.24, 2.45) is 5.92 Å². The second-order valence-electron chi connectivity index (χ2n) is 6.12. The summed E-state index contributed by atoms with van der Waals surface area (Å²) in [7, 11) is 0. The lowest BCUT2D eigenvalue weighted by Gasteiger charge is -2.51. The third-order valence-corrected chi connectivity index (χ3v) is 5.12. The van der Waals surface area contributed by atoms with E-state index in [9.17, 15) is 4.79 Å². The summed E-state index contributed by atoms with van der Waals surface area (Å²) in [6.07, 6.45) is 7.52. The van der Waals surface area contributed by atoms with Gasteiger partial charge in [0.2, 0.25) is 5.91 Å². The van der Waals surface area contributed by atoms with E-state index in [1.807, 2.05) is 12.1 Å². The summed E-state index contributed by atoms with van der Waals surface area (Å²) in [6, 6.07) is 8.92. The number of benzene rings is 1. The summed E-state index contributed by atoms with van der Waals surface area (Å²) < 4.78 is 0. The summed E-state index contributed by atoms with van der Waals surface area (Å²) in [5, 5.41) is 3.07. The number of anilines is 2. The van der Waals surface area contributed by atoms with E-state index in [4.69, 9.17) is 0 Å². The molecule has 0 radical (unpaired) electrons. The average molecular weight is 256 g/mol. The molecular weight excluding hydrogens is 236 g/mol. The molecule has 0 aromatic heterocycles. The molecule has 2 heterocycles. The smallest absolute Gasteiger partial charge is 0.247 e. The average Bonchev–Trinajstić information content (AvgIpc) is 2.47. The molecule has 4 rings (SSSR count). The van der Waals surface area contributed by atoms with Crippen LogP contribution in [0.3, 0.4) is 0 Å². The number of hydrogen-bond acceptors (Lipinski definition) is 2. The van der Waals surface area contributed by atoms with Gasteiger partial charge in [-0.25, -0.2) is 0 Å². The Hall–Kier alpha value is -1.51. The number of amides is 1. The SMILES string of the molecule is O=C1Nc2ccccc2N2C1CCC1CCCCC12. The van der Waals surface area contributed by atoms with Crippen LogP contribution >= 0.6 is 0 Å². The molecule has 3 unspecified atom stereocenters. The van der Waals surface area contributed by atoms with Gasteiger partial charge in [0.05, 0.1) is 11.4 Å². The van der Waals surface area contributed by atoms with Crippen molar-refractivity contribution in [2.75, 3.05) is 10.2 Å². The van der Waals surface area contributed by atoms with E-state index in [1.54, 1.807) is 0 Å². The van der Waals surface area contributed by atoms with Crippen LogP contribution < -0.4 is 10.2 Å². The van der Waals surface area contributed by atoms with Gasteiger partial charge in [-0.1, -0.05) is 25.0 Å². The molecule has 3 nitrogen and oxygen atoms in total. The van der Waals surface area contributed by atoms with E-state index in [-0.39, 0.29) is 11.9 Å². The third-order valence-electron chi connectivity index (χ3n) is 5.12. The first kappa shape index (κ1) is 11.3. The van der Waals surface area contributed by atoms with Gasteiger partial charge in [-0.05, 0) is 43.7 Å². The molecule has 100 valence electrons. The highest BCUT2D eigenvalue weighted by molar-refractivity contribution is 6.03. The monoisotopic (exact) mass is 256 g/mol. The largest absolute Gasteiger partial charge is 0.355 e. The van der Waals surface area contributed by atoms with Gasteiger partial charge in [0.15, 0.2) is 0 Å². The number of nitrogens with one attached hydrogen (secondary N) is 1. The highest BCUT2D eigenvalue weighted by Gasteiger charge is 2.44. The first-order valence-electron chi connectivity index (χ1n) is 7.53. The minimum absolute atomic E-state index is 0.0641. The molecule has 1 saturated heterocycles. The van der Waals surface area contributed by atoms with Crippen LogP contribution in [0.5, 0.6) is 0 Å². The third kappa shape index (κ3) is 1.67. The normalized spacial score (nSPS) is 32.9. The summed E-state index contributed by atoms with van der Waals surface area (Å²) >= 11 is 0. The van der Waals surface area contributed by atoms with Crippen LogP contribution in [0.25, 0.3) is 0 Å². The van der Waals surface area contributed by atoms with Crippen molar-refractivity contribution in [1.82, 2.24) is 0 Å².